The third kappa shape index (κ3) is 2.11. The molecule has 21 heavy (non-hydrogen) atoms. The lowest BCUT2D eigenvalue weighted by Gasteiger charge is -2.51. The highest BCUT2D eigenvalue weighted by molar-refractivity contribution is 8.03. The smallest absolute Gasteiger partial charge is 0.353 e. The van der Waals surface area contributed by atoms with E-state index in [9.17, 15) is 14.7 Å². The van der Waals surface area contributed by atoms with Gasteiger partial charge in [-0.25, -0.2) is 4.79 Å². The monoisotopic (exact) mass is 310 g/mol. The molecule has 3 aliphatic heterocycles. The number of carbonyl (C=O) groups is 2. The summed E-state index contributed by atoms with van der Waals surface area (Å²) < 4.78 is 0. The van der Waals surface area contributed by atoms with Crippen LogP contribution in [0.15, 0.2) is 10.6 Å². The van der Waals surface area contributed by atoms with Gasteiger partial charge in [0.05, 0.1) is 11.5 Å². The van der Waals surface area contributed by atoms with Gasteiger partial charge in [-0.3, -0.25) is 4.79 Å². The molecule has 3 heterocycles. The Balaban J connectivity index is 1.89. The van der Waals surface area contributed by atoms with E-state index >= 15 is 0 Å². The largest absolute Gasteiger partial charge is 0.477 e. The number of fused-ring (bicyclic) bond motifs is 1. The second-order valence-corrected chi connectivity index (χ2v) is 8.06. The first-order chi connectivity index (χ1) is 9.85. The zero-order valence-electron chi connectivity index (χ0n) is 12.7. The van der Waals surface area contributed by atoms with E-state index in [2.05, 4.69) is 12.2 Å². The van der Waals surface area contributed by atoms with Gasteiger partial charge in [-0.1, -0.05) is 6.92 Å². The molecular weight excluding hydrogens is 288 g/mol. The summed E-state index contributed by atoms with van der Waals surface area (Å²) in [6, 6.07) is 0.000292. The highest BCUT2D eigenvalue weighted by atomic mass is 32.2. The third-order valence-corrected chi connectivity index (χ3v) is 6.56. The van der Waals surface area contributed by atoms with Gasteiger partial charge in [0.25, 0.3) is 0 Å². The summed E-state index contributed by atoms with van der Waals surface area (Å²) in [5, 5.41) is 13.3. The molecule has 0 aromatic rings. The molecule has 0 aromatic carbocycles. The van der Waals surface area contributed by atoms with E-state index in [1.165, 1.54) is 4.90 Å². The molecule has 116 valence electrons. The summed E-state index contributed by atoms with van der Waals surface area (Å²) >= 11 is 1.69. The number of amides is 1. The summed E-state index contributed by atoms with van der Waals surface area (Å²) in [4.78, 5) is 26.4. The molecule has 0 radical (unpaired) electrons. The fourth-order valence-electron chi connectivity index (χ4n) is 3.85. The Morgan fingerprint density at radius 3 is 2.57 bits per heavy atom. The summed E-state index contributed by atoms with van der Waals surface area (Å²) in [6.45, 7) is 7.87. The fraction of sp³-hybridized carbons (Fsp3) is 0.733. The molecule has 0 spiro atoms. The number of nitrogens with zero attached hydrogens (tertiary/aromatic N) is 1. The predicted octanol–water partition coefficient (Wildman–Crippen LogP) is 1.65. The highest BCUT2D eigenvalue weighted by Gasteiger charge is 2.63. The fourth-order valence-corrected chi connectivity index (χ4v) is 5.32. The van der Waals surface area contributed by atoms with E-state index in [1.807, 2.05) is 13.8 Å². The van der Waals surface area contributed by atoms with E-state index < -0.39 is 11.4 Å². The summed E-state index contributed by atoms with van der Waals surface area (Å²) in [5.74, 6) is -0.911. The highest BCUT2D eigenvalue weighted by Crippen LogP contribution is 2.55. The van der Waals surface area contributed by atoms with Gasteiger partial charge in [0.2, 0.25) is 5.91 Å². The Morgan fingerprint density at radius 1 is 1.38 bits per heavy atom. The van der Waals surface area contributed by atoms with Crippen molar-refractivity contribution in [2.75, 3.05) is 13.1 Å². The minimum atomic E-state index is -0.968. The van der Waals surface area contributed by atoms with Gasteiger partial charge in [-0.05, 0) is 39.8 Å². The number of rotatable bonds is 3. The van der Waals surface area contributed by atoms with Crippen LogP contribution in [0.1, 0.15) is 33.6 Å². The average molecular weight is 310 g/mol. The Morgan fingerprint density at radius 2 is 2.00 bits per heavy atom. The van der Waals surface area contributed by atoms with Gasteiger partial charge in [0, 0.05) is 16.1 Å². The normalized spacial score (nSPS) is 32.1. The zero-order valence-corrected chi connectivity index (χ0v) is 13.5. The first-order valence-electron chi connectivity index (χ1n) is 7.54. The Bertz CT molecular complexity index is 523. The first-order valence-corrected chi connectivity index (χ1v) is 8.42. The molecule has 5 nitrogen and oxygen atoms in total. The lowest BCUT2D eigenvalue weighted by atomic mass is 9.70. The molecule has 0 aromatic heterocycles. The second kappa shape index (κ2) is 5.02. The number of β-lactam (4-membered cyclic amide) rings is 1. The molecule has 2 saturated heterocycles. The molecular formula is C15H22N2O3S. The van der Waals surface area contributed by atoms with Crippen molar-refractivity contribution in [3.05, 3.63) is 10.6 Å². The van der Waals surface area contributed by atoms with Gasteiger partial charge >= 0.3 is 5.97 Å². The lowest BCUT2D eigenvalue weighted by molar-refractivity contribution is -0.166. The number of aliphatic carboxylic acids is 1. The minimum absolute atomic E-state index is 0.000292. The topological polar surface area (TPSA) is 69.6 Å². The number of nitrogens with one attached hydrogen (secondary N) is 1. The number of hydrogen-bond donors (Lipinski definition) is 2. The van der Waals surface area contributed by atoms with Crippen molar-refractivity contribution in [3.63, 3.8) is 0 Å². The number of carboxylic acids is 1. The van der Waals surface area contributed by atoms with Crippen LogP contribution in [0.2, 0.25) is 0 Å². The number of piperidine rings is 1. The molecule has 0 aliphatic carbocycles. The van der Waals surface area contributed by atoms with Crippen molar-refractivity contribution in [2.24, 2.45) is 11.3 Å². The number of carboxylic acid groups (broad SMARTS) is 1. The maximum Gasteiger partial charge on any atom is 0.353 e. The molecule has 6 heteroatoms. The SMILES string of the molecule is C[C@H]1C(SC2CCNCC2)=C(C(=O)O)N2C(=O)C(C)(C)[C@H]12. The standard InChI is InChI=1S/C15H22N2O3S/c1-8-11(21-9-4-6-16-7-5-9)10(13(18)19)17-12(8)15(2,3)14(17)20/h8-9,12,16H,4-7H2,1-3H3,(H,18,19)/t8-,12-/m0/s1. The van der Waals surface area contributed by atoms with Crippen LogP contribution in [0.25, 0.3) is 0 Å². The van der Waals surface area contributed by atoms with Crippen LogP contribution in [0.3, 0.4) is 0 Å². The van der Waals surface area contributed by atoms with Crippen LogP contribution >= 0.6 is 11.8 Å². The van der Waals surface area contributed by atoms with Crippen molar-refractivity contribution in [1.29, 1.82) is 0 Å². The van der Waals surface area contributed by atoms with Crippen LogP contribution in [0.4, 0.5) is 0 Å². The molecule has 1 amide bonds. The van der Waals surface area contributed by atoms with E-state index in [0.29, 0.717) is 5.25 Å². The third-order valence-electron chi connectivity index (χ3n) is 4.93. The molecule has 3 aliphatic rings. The number of thioether (sulfide) groups is 1. The predicted molar refractivity (Wildman–Crippen MR) is 81.7 cm³/mol. The van der Waals surface area contributed by atoms with Crippen LogP contribution in [-0.2, 0) is 9.59 Å². The van der Waals surface area contributed by atoms with E-state index in [0.717, 1.165) is 30.8 Å². The molecule has 2 N–H and O–H groups in total. The van der Waals surface area contributed by atoms with Gasteiger partial charge in [-0.2, -0.15) is 0 Å². The van der Waals surface area contributed by atoms with Crippen LogP contribution in [-0.4, -0.2) is 46.3 Å². The molecule has 0 bridgehead atoms. The van der Waals surface area contributed by atoms with Crippen molar-refractivity contribution in [2.45, 2.75) is 44.9 Å². The van der Waals surface area contributed by atoms with Gasteiger partial charge in [0.15, 0.2) is 0 Å². The van der Waals surface area contributed by atoms with E-state index in [1.54, 1.807) is 11.8 Å². The van der Waals surface area contributed by atoms with Crippen molar-refractivity contribution in [3.8, 4) is 0 Å². The van der Waals surface area contributed by atoms with Crippen molar-refractivity contribution < 1.29 is 14.7 Å². The van der Waals surface area contributed by atoms with Gasteiger partial charge in [0.1, 0.15) is 5.70 Å². The molecule has 0 unspecified atom stereocenters. The summed E-state index contributed by atoms with van der Waals surface area (Å²) in [6.07, 6.45) is 2.10. The maximum absolute atomic E-state index is 12.3. The quantitative estimate of drug-likeness (QED) is 0.776. The van der Waals surface area contributed by atoms with Crippen LogP contribution in [0.5, 0.6) is 0 Å². The van der Waals surface area contributed by atoms with Crippen LogP contribution < -0.4 is 5.32 Å². The summed E-state index contributed by atoms with van der Waals surface area (Å²) in [5.41, 5.74) is -0.211. The lowest BCUT2D eigenvalue weighted by Crippen LogP contribution is -2.65. The Hall–Kier alpha value is -1.01. The number of carbonyl (C=O) groups excluding carboxylic acids is 1. The maximum atomic E-state index is 12.3. The molecule has 0 saturated carbocycles. The van der Waals surface area contributed by atoms with E-state index in [-0.39, 0.29) is 23.6 Å². The molecule has 2 atom stereocenters. The van der Waals surface area contributed by atoms with Gasteiger partial charge in [-0.15, -0.1) is 11.8 Å². The zero-order chi connectivity index (χ0) is 15.4. The van der Waals surface area contributed by atoms with E-state index in [4.69, 9.17) is 0 Å². The Kier molecular flexibility index (Phi) is 3.56. The van der Waals surface area contributed by atoms with Crippen molar-refractivity contribution in [1.82, 2.24) is 10.2 Å². The second-order valence-electron chi connectivity index (χ2n) is 6.72. The van der Waals surface area contributed by atoms with Crippen LogP contribution in [0, 0.1) is 11.3 Å². The molecule has 2 fully saturated rings. The Labute approximate surface area is 129 Å². The minimum Gasteiger partial charge on any atom is -0.477 e. The number of hydrogen-bond acceptors (Lipinski definition) is 4. The summed E-state index contributed by atoms with van der Waals surface area (Å²) in [7, 11) is 0. The van der Waals surface area contributed by atoms with Crippen molar-refractivity contribution >= 4 is 23.6 Å². The van der Waals surface area contributed by atoms with Gasteiger partial charge < -0.3 is 15.3 Å². The first kappa shape index (κ1) is 14.9. The average Bonchev–Trinajstić information content (AvgIpc) is 2.72. The molecule has 3 rings (SSSR count).